The lowest BCUT2D eigenvalue weighted by molar-refractivity contribution is 0.115. The summed E-state index contributed by atoms with van der Waals surface area (Å²) in [7, 11) is 3.92. The molecule has 3 aromatic heterocycles. The van der Waals surface area contributed by atoms with E-state index < -0.39 is 0 Å². The summed E-state index contributed by atoms with van der Waals surface area (Å²) in [5.74, 6) is 2.11. The Morgan fingerprint density at radius 2 is 1.84 bits per heavy atom. The van der Waals surface area contributed by atoms with Gasteiger partial charge in [-0.3, -0.25) is 14.3 Å². The first-order valence-electron chi connectivity index (χ1n) is 13.8. The molecule has 1 saturated heterocycles. The van der Waals surface area contributed by atoms with Crippen LogP contribution in [0, 0.1) is 0 Å². The number of ether oxygens (including phenoxy) is 1. The lowest BCUT2D eigenvalue weighted by Crippen LogP contribution is -2.45. The molecule has 0 bridgehead atoms. The molecule has 0 N–H and O–H groups in total. The molecule has 4 aromatic rings. The molecule has 2 aliphatic rings. The Balaban J connectivity index is 1.35. The molecule has 7 nitrogen and oxygen atoms in total. The second kappa shape index (κ2) is 10.8. The van der Waals surface area contributed by atoms with Crippen molar-refractivity contribution in [2.45, 2.75) is 44.8 Å². The van der Waals surface area contributed by atoms with Crippen molar-refractivity contribution < 1.29 is 4.74 Å². The number of anilines is 1. The van der Waals surface area contributed by atoms with Gasteiger partial charge in [-0.25, -0.2) is 4.98 Å². The van der Waals surface area contributed by atoms with Crippen LogP contribution in [0.3, 0.4) is 0 Å². The van der Waals surface area contributed by atoms with E-state index in [1.54, 1.807) is 7.11 Å². The van der Waals surface area contributed by atoms with E-state index in [1.165, 1.54) is 29.1 Å². The Morgan fingerprint density at radius 3 is 2.63 bits per heavy atom. The number of hydrogen-bond donors (Lipinski definition) is 0. The van der Waals surface area contributed by atoms with Crippen LogP contribution in [0.15, 0.2) is 67.0 Å². The highest BCUT2D eigenvalue weighted by Crippen LogP contribution is 2.39. The van der Waals surface area contributed by atoms with Gasteiger partial charge in [0.05, 0.1) is 24.5 Å². The molecule has 0 radical (unpaired) electrons. The van der Waals surface area contributed by atoms with Crippen LogP contribution in [0.4, 0.5) is 5.82 Å². The van der Waals surface area contributed by atoms with E-state index in [1.807, 2.05) is 6.20 Å². The van der Waals surface area contributed by atoms with E-state index in [-0.39, 0.29) is 12.1 Å². The van der Waals surface area contributed by atoms with Crippen LogP contribution >= 0.6 is 0 Å². The molecule has 1 aliphatic heterocycles. The van der Waals surface area contributed by atoms with E-state index in [4.69, 9.17) is 14.7 Å². The quantitative estimate of drug-likeness (QED) is 0.344. The van der Waals surface area contributed by atoms with Gasteiger partial charge >= 0.3 is 0 Å². The summed E-state index contributed by atoms with van der Waals surface area (Å²) in [5, 5.41) is 0. The Hall–Kier alpha value is -3.42. The molecule has 0 unspecified atom stereocenters. The summed E-state index contributed by atoms with van der Waals surface area (Å²) in [6, 6.07) is 19.7. The molecule has 38 heavy (non-hydrogen) atoms. The van der Waals surface area contributed by atoms with Crippen LogP contribution in [-0.2, 0) is 13.0 Å². The number of fused-ring (bicyclic) bond motifs is 2. The van der Waals surface area contributed by atoms with E-state index in [2.05, 4.69) is 93.9 Å². The lowest BCUT2D eigenvalue weighted by atomic mass is 9.89. The molecule has 2 atom stereocenters. The van der Waals surface area contributed by atoms with Crippen molar-refractivity contribution in [3.63, 3.8) is 0 Å². The molecule has 198 valence electrons. The number of aromatic nitrogens is 3. The van der Waals surface area contributed by atoms with Gasteiger partial charge in [-0.1, -0.05) is 24.3 Å². The first-order chi connectivity index (χ1) is 18.6. The van der Waals surface area contributed by atoms with E-state index in [9.17, 15) is 0 Å². The predicted octanol–water partition coefficient (Wildman–Crippen LogP) is 5.13. The van der Waals surface area contributed by atoms with E-state index in [0.29, 0.717) is 0 Å². The zero-order valence-electron chi connectivity index (χ0n) is 22.8. The molecule has 0 spiro atoms. The number of benzene rings is 1. The molecule has 7 heteroatoms. The van der Waals surface area contributed by atoms with E-state index in [0.717, 1.165) is 62.7 Å². The third-order valence-electron chi connectivity index (χ3n) is 8.35. The first kappa shape index (κ1) is 24.9. The van der Waals surface area contributed by atoms with Crippen LogP contribution in [0.2, 0.25) is 0 Å². The van der Waals surface area contributed by atoms with E-state index >= 15 is 0 Å². The van der Waals surface area contributed by atoms with Crippen LogP contribution in [0.25, 0.3) is 5.65 Å². The SMILES string of the molecule is COc1ccc([C@H](C)N(Cc2cn3c(N4CCN(C)CC4)cccc3n2)[C@H]2CCCc3cccnc32)cc1. The smallest absolute Gasteiger partial charge is 0.138 e. The van der Waals surface area contributed by atoms with Crippen LogP contribution in [0.1, 0.15) is 54.4 Å². The largest absolute Gasteiger partial charge is 0.497 e. The Labute approximate surface area is 225 Å². The highest BCUT2D eigenvalue weighted by atomic mass is 16.5. The summed E-state index contributed by atoms with van der Waals surface area (Å²) in [4.78, 5) is 17.5. The summed E-state index contributed by atoms with van der Waals surface area (Å²) in [5.41, 5.74) is 5.98. The fourth-order valence-electron chi connectivity index (χ4n) is 6.10. The maximum atomic E-state index is 5.43. The molecule has 6 rings (SSSR count). The molecule has 4 heterocycles. The molecular weight excluding hydrogens is 472 g/mol. The number of pyridine rings is 2. The number of methoxy groups -OCH3 is 1. The first-order valence-corrected chi connectivity index (χ1v) is 13.8. The van der Waals surface area contributed by atoms with Crippen LogP contribution in [-0.4, -0.2) is 64.5 Å². The number of rotatable bonds is 7. The normalized spacial score (nSPS) is 19.1. The maximum Gasteiger partial charge on any atom is 0.138 e. The number of likely N-dealkylation sites (N-methyl/N-ethyl adjacent to an activating group) is 1. The predicted molar refractivity (Wildman–Crippen MR) is 152 cm³/mol. The Kier molecular flexibility index (Phi) is 7.04. The zero-order chi connectivity index (χ0) is 26.1. The molecule has 1 aromatic carbocycles. The highest BCUT2D eigenvalue weighted by molar-refractivity contribution is 5.53. The maximum absolute atomic E-state index is 5.43. The number of imidazole rings is 1. The average Bonchev–Trinajstić information content (AvgIpc) is 3.39. The third kappa shape index (κ3) is 4.88. The second-order valence-electron chi connectivity index (χ2n) is 10.7. The number of piperazine rings is 1. The monoisotopic (exact) mass is 510 g/mol. The second-order valence-corrected chi connectivity index (χ2v) is 10.7. The van der Waals surface area contributed by atoms with Crippen molar-refractivity contribution in [1.82, 2.24) is 24.2 Å². The van der Waals surface area contributed by atoms with Crippen LogP contribution < -0.4 is 9.64 Å². The third-order valence-corrected chi connectivity index (χ3v) is 8.35. The fraction of sp³-hybridized carbons (Fsp3) is 0.419. The van der Waals surface area contributed by atoms with Gasteiger partial charge in [0.1, 0.15) is 17.2 Å². The number of nitrogens with zero attached hydrogens (tertiary/aromatic N) is 6. The zero-order valence-corrected chi connectivity index (χ0v) is 22.8. The number of hydrogen-bond acceptors (Lipinski definition) is 6. The summed E-state index contributed by atoms with van der Waals surface area (Å²) in [6.07, 6.45) is 7.57. The van der Waals surface area contributed by atoms with Crippen molar-refractivity contribution in [2.75, 3.05) is 45.2 Å². The van der Waals surface area contributed by atoms with Crippen molar-refractivity contribution in [1.29, 1.82) is 0 Å². The minimum Gasteiger partial charge on any atom is -0.497 e. The molecule has 1 aliphatic carbocycles. The Bertz CT molecular complexity index is 1370. The summed E-state index contributed by atoms with van der Waals surface area (Å²) < 4.78 is 7.71. The van der Waals surface area contributed by atoms with Gasteiger partial charge in [0, 0.05) is 51.2 Å². The van der Waals surface area contributed by atoms with Gasteiger partial charge in [-0.05, 0) is 74.7 Å². The van der Waals surface area contributed by atoms with Gasteiger partial charge < -0.3 is 14.5 Å². The van der Waals surface area contributed by atoms with Gasteiger partial charge in [0.25, 0.3) is 0 Å². The van der Waals surface area contributed by atoms with Crippen LogP contribution in [0.5, 0.6) is 5.75 Å². The standard InChI is InChI=1S/C31H38N6O/c1-23(24-12-14-27(38-3)15-13-24)36(28-9-4-7-25-8-6-16-32-31(25)28)21-26-22-37-29(33-26)10-5-11-30(37)35-19-17-34(2)18-20-35/h5-6,8,10-16,22-23,28H,4,7,9,17-21H2,1-3H3/t23-,28-/m0/s1. The van der Waals surface area contributed by atoms with Gasteiger partial charge in [0.2, 0.25) is 0 Å². The van der Waals surface area contributed by atoms with Gasteiger partial charge in [-0.2, -0.15) is 0 Å². The Morgan fingerprint density at radius 1 is 1.03 bits per heavy atom. The minimum atomic E-state index is 0.195. The summed E-state index contributed by atoms with van der Waals surface area (Å²) in [6.45, 7) is 7.31. The topological polar surface area (TPSA) is 49.1 Å². The molecule has 1 fully saturated rings. The van der Waals surface area contributed by atoms with Crippen molar-refractivity contribution >= 4 is 11.5 Å². The minimum absolute atomic E-state index is 0.195. The molecular formula is C31H38N6O. The van der Waals surface area contributed by atoms with Crippen molar-refractivity contribution in [2.24, 2.45) is 0 Å². The number of aryl methyl sites for hydroxylation is 1. The van der Waals surface area contributed by atoms with Crippen molar-refractivity contribution in [3.8, 4) is 5.75 Å². The van der Waals surface area contributed by atoms with Gasteiger partial charge in [-0.15, -0.1) is 0 Å². The fourth-order valence-corrected chi connectivity index (χ4v) is 6.10. The molecule has 0 amide bonds. The van der Waals surface area contributed by atoms with Crippen molar-refractivity contribution in [3.05, 3.63) is 89.5 Å². The highest BCUT2D eigenvalue weighted by Gasteiger charge is 2.31. The molecule has 0 saturated carbocycles. The van der Waals surface area contributed by atoms with Gasteiger partial charge in [0.15, 0.2) is 0 Å². The lowest BCUT2D eigenvalue weighted by Gasteiger charge is -2.38. The summed E-state index contributed by atoms with van der Waals surface area (Å²) >= 11 is 0. The average molecular weight is 511 g/mol.